The van der Waals surface area contributed by atoms with Crippen LogP contribution in [0.1, 0.15) is 101 Å². The molecule has 0 aromatic heterocycles. The van der Waals surface area contributed by atoms with Gasteiger partial charge in [0.15, 0.2) is 23.2 Å². The van der Waals surface area contributed by atoms with E-state index in [9.17, 15) is 17.6 Å². The van der Waals surface area contributed by atoms with Crippen molar-refractivity contribution in [3.63, 3.8) is 0 Å². The van der Waals surface area contributed by atoms with Crippen LogP contribution in [0.25, 0.3) is 5.57 Å². The predicted octanol–water partition coefficient (Wildman–Crippen LogP) is 9.53. The van der Waals surface area contributed by atoms with E-state index in [0.29, 0.717) is 34.9 Å². The van der Waals surface area contributed by atoms with Crippen LogP contribution in [0.2, 0.25) is 0 Å². The Morgan fingerprint density at radius 3 is 2.22 bits per heavy atom. The molecule has 196 valence electrons. The van der Waals surface area contributed by atoms with E-state index < -0.39 is 23.3 Å². The Morgan fingerprint density at radius 1 is 0.778 bits per heavy atom. The quantitative estimate of drug-likeness (QED) is 0.310. The number of allylic oxidation sites excluding steroid dienone is 2. The molecular formula is C31H38F4O. The van der Waals surface area contributed by atoms with Crippen LogP contribution in [0.5, 0.6) is 5.75 Å². The Bertz CT molecular complexity index is 1070. The van der Waals surface area contributed by atoms with Crippen LogP contribution in [0.4, 0.5) is 17.6 Å². The molecule has 1 unspecified atom stereocenters. The Kier molecular flexibility index (Phi) is 9.14. The highest BCUT2D eigenvalue weighted by Gasteiger charge is 2.27. The fraction of sp³-hybridized carbons (Fsp3) is 0.548. The minimum absolute atomic E-state index is 0.0272. The van der Waals surface area contributed by atoms with Crippen molar-refractivity contribution >= 4 is 5.57 Å². The molecule has 0 spiro atoms. The molecule has 1 saturated carbocycles. The number of hydrogen-bond donors (Lipinski definition) is 0. The number of benzene rings is 2. The van der Waals surface area contributed by atoms with Gasteiger partial charge in [-0.25, -0.2) is 13.2 Å². The van der Waals surface area contributed by atoms with Crippen LogP contribution in [0.3, 0.4) is 0 Å². The van der Waals surface area contributed by atoms with Crippen molar-refractivity contribution in [3.8, 4) is 5.75 Å². The third kappa shape index (κ3) is 5.98. The molecule has 0 bridgehead atoms. The molecule has 1 fully saturated rings. The second-order valence-corrected chi connectivity index (χ2v) is 10.5. The molecule has 2 aliphatic carbocycles. The van der Waals surface area contributed by atoms with Gasteiger partial charge >= 0.3 is 0 Å². The minimum atomic E-state index is -0.915. The van der Waals surface area contributed by atoms with Crippen molar-refractivity contribution in [1.82, 2.24) is 0 Å². The Hall–Kier alpha value is -2.30. The zero-order valence-corrected chi connectivity index (χ0v) is 21.5. The third-order valence-electron chi connectivity index (χ3n) is 8.21. The summed E-state index contributed by atoms with van der Waals surface area (Å²) in [5.41, 5.74) is 2.19. The van der Waals surface area contributed by atoms with Gasteiger partial charge in [0, 0.05) is 5.56 Å². The lowest BCUT2D eigenvalue weighted by Crippen LogP contribution is -2.16. The molecule has 0 radical (unpaired) electrons. The van der Waals surface area contributed by atoms with Gasteiger partial charge < -0.3 is 4.74 Å². The monoisotopic (exact) mass is 502 g/mol. The van der Waals surface area contributed by atoms with Gasteiger partial charge in [0.05, 0.1) is 6.61 Å². The van der Waals surface area contributed by atoms with Crippen molar-refractivity contribution < 1.29 is 22.3 Å². The van der Waals surface area contributed by atoms with E-state index in [1.807, 2.05) is 0 Å². The number of aryl methyl sites for hydroxylation is 1. The predicted molar refractivity (Wildman–Crippen MR) is 137 cm³/mol. The van der Waals surface area contributed by atoms with Crippen molar-refractivity contribution in [2.45, 2.75) is 90.4 Å². The second kappa shape index (κ2) is 12.3. The van der Waals surface area contributed by atoms with E-state index in [2.05, 4.69) is 13.0 Å². The van der Waals surface area contributed by atoms with Crippen molar-refractivity contribution in [2.75, 3.05) is 6.61 Å². The van der Waals surface area contributed by atoms with Crippen LogP contribution in [0.15, 0.2) is 30.3 Å². The highest BCUT2D eigenvalue weighted by molar-refractivity contribution is 5.67. The van der Waals surface area contributed by atoms with Gasteiger partial charge in [-0.05, 0) is 105 Å². The lowest BCUT2D eigenvalue weighted by Gasteiger charge is -2.29. The van der Waals surface area contributed by atoms with Gasteiger partial charge in [-0.2, -0.15) is 4.39 Å². The smallest absolute Gasteiger partial charge is 0.200 e. The lowest BCUT2D eigenvalue weighted by atomic mass is 9.76. The molecule has 2 aromatic carbocycles. The Labute approximate surface area is 212 Å². The first-order chi connectivity index (χ1) is 17.4. The van der Waals surface area contributed by atoms with Crippen molar-refractivity contribution in [2.24, 2.45) is 11.8 Å². The van der Waals surface area contributed by atoms with Gasteiger partial charge in [-0.1, -0.05) is 44.0 Å². The normalized spacial score (nSPS) is 22.4. The molecule has 0 N–H and O–H groups in total. The Morgan fingerprint density at radius 2 is 1.56 bits per heavy atom. The summed E-state index contributed by atoms with van der Waals surface area (Å²) in [4.78, 5) is 0. The first-order valence-corrected chi connectivity index (χ1v) is 13.7. The second-order valence-electron chi connectivity index (χ2n) is 10.5. The van der Waals surface area contributed by atoms with E-state index in [0.717, 1.165) is 63.4 Å². The van der Waals surface area contributed by atoms with Gasteiger partial charge in [0.1, 0.15) is 0 Å². The third-order valence-corrected chi connectivity index (χ3v) is 8.21. The average Bonchev–Trinajstić information content (AvgIpc) is 2.89. The van der Waals surface area contributed by atoms with Gasteiger partial charge in [0.2, 0.25) is 5.82 Å². The van der Waals surface area contributed by atoms with E-state index in [1.165, 1.54) is 12.5 Å². The number of ether oxygens (including phenoxy) is 1. The van der Waals surface area contributed by atoms with Crippen molar-refractivity contribution in [3.05, 3.63) is 70.3 Å². The molecule has 5 heteroatoms. The molecule has 0 heterocycles. The maximum atomic E-state index is 15.0. The molecular weight excluding hydrogens is 464 g/mol. The molecule has 1 nitrogen and oxygen atoms in total. The fourth-order valence-electron chi connectivity index (χ4n) is 6.08. The van der Waals surface area contributed by atoms with Crippen LogP contribution < -0.4 is 4.74 Å². The number of rotatable bonds is 9. The van der Waals surface area contributed by atoms with Gasteiger partial charge in [-0.3, -0.25) is 0 Å². The highest BCUT2D eigenvalue weighted by atomic mass is 19.2. The maximum Gasteiger partial charge on any atom is 0.200 e. The zero-order chi connectivity index (χ0) is 25.7. The van der Waals surface area contributed by atoms with E-state index in [4.69, 9.17) is 4.74 Å². The molecule has 2 aromatic rings. The summed E-state index contributed by atoms with van der Waals surface area (Å²) in [6, 6.07) is 6.65. The average molecular weight is 503 g/mol. The summed E-state index contributed by atoms with van der Waals surface area (Å²) >= 11 is 0. The van der Waals surface area contributed by atoms with Crippen LogP contribution in [-0.4, -0.2) is 6.61 Å². The van der Waals surface area contributed by atoms with Crippen molar-refractivity contribution in [1.29, 1.82) is 0 Å². The summed E-state index contributed by atoms with van der Waals surface area (Å²) in [5.74, 6) is -2.21. The lowest BCUT2D eigenvalue weighted by molar-refractivity contribution is 0.296. The number of halogens is 4. The molecule has 36 heavy (non-hydrogen) atoms. The first kappa shape index (κ1) is 26.8. The maximum absolute atomic E-state index is 15.0. The van der Waals surface area contributed by atoms with E-state index >= 15 is 0 Å². The van der Waals surface area contributed by atoms with Crippen LogP contribution >= 0.6 is 0 Å². The van der Waals surface area contributed by atoms with Crippen LogP contribution in [-0.2, 0) is 6.42 Å². The summed E-state index contributed by atoms with van der Waals surface area (Å²) < 4.78 is 63.9. The Balaban J connectivity index is 1.32. The molecule has 1 atom stereocenters. The van der Waals surface area contributed by atoms with Gasteiger partial charge in [-0.15, -0.1) is 0 Å². The molecule has 0 aliphatic heterocycles. The SMILES string of the molecule is CCCC1CC=C(c2ccc(CCC3CCC(c4ccc(OCC)c(F)c4F)CC3)c(F)c2F)CC1. The number of hydrogen-bond acceptors (Lipinski definition) is 1. The fourth-order valence-corrected chi connectivity index (χ4v) is 6.08. The molecule has 0 amide bonds. The van der Waals surface area contributed by atoms with E-state index in [-0.39, 0.29) is 18.3 Å². The van der Waals surface area contributed by atoms with E-state index in [1.54, 1.807) is 25.1 Å². The summed E-state index contributed by atoms with van der Waals surface area (Å²) in [6.45, 7) is 4.20. The van der Waals surface area contributed by atoms with Crippen LogP contribution in [0, 0.1) is 35.1 Å². The summed E-state index contributed by atoms with van der Waals surface area (Å²) in [6.07, 6.45) is 11.8. The highest BCUT2D eigenvalue weighted by Crippen LogP contribution is 2.40. The summed E-state index contributed by atoms with van der Waals surface area (Å²) in [5, 5.41) is 0. The first-order valence-electron chi connectivity index (χ1n) is 13.7. The topological polar surface area (TPSA) is 9.23 Å². The summed E-state index contributed by atoms with van der Waals surface area (Å²) in [7, 11) is 0. The molecule has 2 aliphatic rings. The molecule has 0 saturated heterocycles. The molecule has 4 rings (SSSR count). The largest absolute Gasteiger partial charge is 0.491 e. The van der Waals surface area contributed by atoms with Gasteiger partial charge in [0.25, 0.3) is 0 Å². The standard InChI is InChI=1S/C31H38F4O/c1-3-5-20-6-11-22(12-7-20)25-17-16-24(28(32)29(25)33)15-10-21-8-13-23(14-9-21)26-18-19-27(36-4-2)31(35)30(26)34/h11,16-21,23H,3-10,12-15H2,1-2H3. The minimum Gasteiger partial charge on any atom is -0.491 e. The zero-order valence-electron chi connectivity index (χ0n) is 21.5.